The van der Waals surface area contributed by atoms with E-state index in [9.17, 15) is 0 Å². The van der Waals surface area contributed by atoms with E-state index in [-0.39, 0.29) is 18.2 Å². The van der Waals surface area contributed by atoms with Crippen LogP contribution >= 0.6 is 23.2 Å². The van der Waals surface area contributed by atoms with Crippen molar-refractivity contribution >= 4 is 29.0 Å². The van der Waals surface area contributed by atoms with Crippen LogP contribution in [-0.4, -0.2) is 48.3 Å². The van der Waals surface area contributed by atoms with Gasteiger partial charge in [0.1, 0.15) is 5.82 Å². The summed E-state index contributed by atoms with van der Waals surface area (Å²) in [5, 5.41) is 4.59. The van der Waals surface area contributed by atoms with Crippen LogP contribution in [0.25, 0.3) is 0 Å². The molecule has 3 aliphatic heterocycles. The predicted molar refractivity (Wildman–Crippen MR) is 139 cm³/mol. The Kier molecular flexibility index (Phi) is 6.67. The van der Waals surface area contributed by atoms with Gasteiger partial charge in [0.15, 0.2) is 0 Å². The molecule has 4 aliphatic rings. The second-order valence-electron chi connectivity index (χ2n) is 10.8. The van der Waals surface area contributed by atoms with Crippen molar-refractivity contribution in [1.82, 2.24) is 26.1 Å². The molecule has 4 fully saturated rings. The minimum Gasteiger partial charge on any atom is -0.370 e. The molecule has 3 saturated heterocycles. The molecule has 2 aromatic rings. The van der Waals surface area contributed by atoms with Crippen LogP contribution in [0.15, 0.2) is 30.7 Å². The maximum Gasteiger partial charge on any atom is 0.128 e. The number of hydrogen-bond acceptors (Lipinski definition) is 7. The van der Waals surface area contributed by atoms with Crippen LogP contribution in [0.5, 0.6) is 0 Å². The summed E-state index contributed by atoms with van der Waals surface area (Å²) in [6.45, 7) is 6.59. The third kappa shape index (κ3) is 4.67. The number of halogens is 2. The predicted octanol–water partition coefficient (Wildman–Crippen LogP) is 4.44. The number of aromatic nitrogens is 2. The molecule has 0 bridgehead atoms. The van der Waals surface area contributed by atoms with Gasteiger partial charge in [-0.3, -0.25) is 10.4 Å². The highest BCUT2D eigenvalue weighted by Gasteiger charge is 2.44. The summed E-state index contributed by atoms with van der Waals surface area (Å²) >= 11 is 12.7. The first-order chi connectivity index (χ1) is 17.0. The van der Waals surface area contributed by atoms with Gasteiger partial charge in [-0.25, -0.2) is 10.4 Å². The first-order valence-corrected chi connectivity index (χ1v) is 13.6. The van der Waals surface area contributed by atoms with Crippen LogP contribution in [0.3, 0.4) is 0 Å². The Hall–Kier alpha value is -1.48. The summed E-state index contributed by atoms with van der Waals surface area (Å²) in [6, 6.07) is 5.12. The van der Waals surface area contributed by atoms with Crippen molar-refractivity contribution < 1.29 is 4.74 Å². The lowest BCUT2D eigenvalue weighted by Gasteiger charge is -2.53. The standard InChI is InChI=1S/C26H34Cl2N6O/c1-16(24-20(27)12-30-13-21(24)28)35-18-3-4-22-19(10-18)25(33-32-22)17-2-5-23(31-11-17)34-14-26(15-34)6-8-29-9-7-26/h2,5,11-13,16,18-19,22,25,29,32-33H,3-4,6-10,14-15H2,1H3/t16-,18?,19?,22?,25?/m1/s1. The Morgan fingerprint density at radius 2 is 1.83 bits per heavy atom. The molecule has 1 spiro atoms. The van der Waals surface area contributed by atoms with Gasteiger partial charge in [-0.2, -0.15) is 0 Å². The van der Waals surface area contributed by atoms with E-state index in [1.807, 2.05) is 6.92 Å². The van der Waals surface area contributed by atoms with Crippen LogP contribution < -0.4 is 21.1 Å². The number of hydrazine groups is 1. The Bertz CT molecular complexity index is 1020. The molecular formula is C26H34Cl2N6O. The van der Waals surface area contributed by atoms with Gasteiger partial charge in [-0.05, 0) is 69.7 Å². The van der Waals surface area contributed by atoms with Gasteiger partial charge in [0, 0.05) is 48.7 Å². The number of nitrogens with one attached hydrogen (secondary N) is 3. The van der Waals surface area contributed by atoms with Gasteiger partial charge < -0.3 is 15.0 Å². The van der Waals surface area contributed by atoms with E-state index in [2.05, 4.69) is 44.4 Å². The Labute approximate surface area is 217 Å². The summed E-state index contributed by atoms with van der Waals surface area (Å²) in [4.78, 5) is 11.4. The van der Waals surface area contributed by atoms with E-state index in [1.165, 1.54) is 18.4 Å². The minimum atomic E-state index is -0.180. The van der Waals surface area contributed by atoms with Gasteiger partial charge in [0.05, 0.1) is 28.3 Å². The number of rotatable bonds is 5. The molecule has 6 rings (SSSR count). The lowest BCUT2D eigenvalue weighted by atomic mass is 9.72. The summed E-state index contributed by atoms with van der Waals surface area (Å²) in [5.74, 6) is 1.55. The van der Waals surface area contributed by atoms with Gasteiger partial charge >= 0.3 is 0 Å². The normalized spacial score (nSPS) is 30.7. The highest BCUT2D eigenvalue weighted by Crippen LogP contribution is 2.43. The number of nitrogens with zero attached hydrogens (tertiary/aromatic N) is 3. The largest absolute Gasteiger partial charge is 0.370 e. The molecule has 0 aromatic carbocycles. The quantitative estimate of drug-likeness (QED) is 0.542. The minimum absolute atomic E-state index is 0.158. The zero-order chi connectivity index (χ0) is 24.0. The summed E-state index contributed by atoms with van der Waals surface area (Å²) < 4.78 is 6.48. The van der Waals surface area contributed by atoms with E-state index < -0.39 is 0 Å². The second-order valence-corrected chi connectivity index (χ2v) is 11.6. The topological polar surface area (TPSA) is 74.3 Å². The molecule has 35 heavy (non-hydrogen) atoms. The number of hydrogen-bond donors (Lipinski definition) is 3. The Morgan fingerprint density at radius 3 is 2.54 bits per heavy atom. The van der Waals surface area contributed by atoms with Crippen LogP contribution in [0.1, 0.15) is 62.3 Å². The first-order valence-electron chi connectivity index (χ1n) is 12.9. The third-order valence-corrected chi connectivity index (χ3v) is 9.17. The van der Waals surface area contributed by atoms with Crippen LogP contribution in [0.2, 0.25) is 10.0 Å². The van der Waals surface area contributed by atoms with Crippen molar-refractivity contribution in [2.24, 2.45) is 11.3 Å². The number of pyridine rings is 2. The lowest BCUT2D eigenvalue weighted by Crippen LogP contribution is -2.60. The molecule has 188 valence electrons. The molecule has 4 unspecified atom stereocenters. The number of fused-ring (bicyclic) bond motifs is 1. The van der Waals surface area contributed by atoms with E-state index >= 15 is 0 Å². The molecule has 0 amide bonds. The summed E-state index contributed by atoms with van der Waals surface area (Å²) in [7, 11) is 0. The zero-order valence-electron chi connectivity index (χ0n) is 20.1. The van der Waals surface area contributed by atoms with Crippen molar-refractivity contribution in [1.29, 1.82) is 0 Å². The van der Waals surface area contributed by atoms with Crippen molar-refractivity contribution in [2.45, 2.75) is 63.3 Å². The average Bonchev–Trinajstić information content (AvgIpc) is 3.26. The molecule has 1 aliphatic carbocycles. The summed E-state index contributed by atoms with van der Waals surface area (Å²) in [6.07, 6.45) is 10.9. The monoisotopic (exact) mass is 516 g/mol. The van der Waals surface area contributed by atoms with Crippen molar-refractivity contribution in [3.05, 3.63) is 51.9 Å². The number of piperidine rings is 1. The van der Waals surface area contributed by atoms with Gasteiger partial charge in [-0.15, -0.1) is 0 Å². The van der Waals surface area contributed by atoms with E-state index in [4.69, 9.17) is 32.9 Å². The first kappa shape index (κ1) is 23.9. The molecular weight excluding hydrogens is 483 g/mol. The molecule has 0 radical (unpaired) electrons. The Balaban J connectivity index is 1.09. The average molecular weight is 518 g/mol. The highest BCUT2D eigenvalue weighted by molar-refractivity contribution is 6.35. The van der Waals surface area contributed by atoms with Gasteiger partial charge in [-0.1, -0.05) is 29.3 Å². The molecule has 5 heterocycles. The third-order valence-electron chi connectivity index (χ3n) is 8.57. The summed E-state index contributed by atoms with van der Waals surface area (Å²) in [5.41, 5.74) is 9.64. The van der Waals surface area contributed by atoms with Crippen LogP contribution in [-0.2, 0) is 4.74 Å². The molecule has 5 atom stereocenters. The fourth-order valence-electron chi connectivity index (χ4n) is 6.60. The number of anilines is 1. The SMILES string of the molecule is C[C@@H](OC1CCC2NNC(c3ccc(N4CC5(CCNCC5)C4)nc3)C2C1)c1c(Cl)cncc1Cl. The molecule has 7 nitrogen and oxygen atoms in total. The Morgan fingerprint density at radius 1 is 1.06 bits per heavy atom. The molecule has 2 aromatic heterocycles. The highest BCUT2D eigenvalue weighted by atomic mass is 35.5. The van der Waals surface area contributed by atoms with Crippen LogP contribution in [0.4, 0.5) is 5.82 Å². The van der Waals surface area contributed by atoms with Crippen LogP contribution in [0, 0.1) is 11.3 Å². The van der Waals surface area contributed by atoms with E-state index in [1.54, 1.807) is 12.4 Å². The van der Waals surface area contributed by atoms with Gasteiger partial charge in [0.2, 0.25) is 0 Å². The fraction of sp³-hybridized carbons (Fsp3) is 0.615. The van der Waals surface area contributed by atoms with E-state index in [0.717, 1.165) is 56.8 Å². The van der Waals surface area contributed by atoms with Crippen molar-refractivity contribution in [3.63, 3.8) is 0 Å². The maximum absolute atomic E-state index is 6.48. The maximum atomic E-state index is 6.48. The lowest BCUT2D eigenvalue weighted by molar-refractivity contribution is -0.0370. The van der Waals surface area contributed by atoms with Gasteiger partial charge in [0.25, 0.3) is 0 Å². The second kappa shape index (κ2) is 9.77. The molecule has 9 heteroatoms. The zero-order valence-corrected chi connectivity index (χ0v) is 21.7. The molecule has 1 saturated carbocycles. The fourth-order valence-corrected chi connectivity index (χ4v) is 7.28. The van der Waals surface area contributed by atoms with Crippen molar-refractivity contribution in [3.8, 4) is 0 Å². The van der Waals surface area contributed by atoms with Crippen molar-refractivity contribution in [2.75, 3.05) is 31.1 Å². The number of ether oxygens (including phenoxy) is 1. The van der Waals surface area contributed by atoms with E-state index in [0.29, 0.717) is 27.4 Å². The smallest absolute Gasteiger partial charge is 0.128 e. The molecule has 3 N–H and O–H groups in total.